The predicted molar refractivity (Wildman–Crippen MR) is 177 cm³/mol. The number of hydrogen-bond donors (Lipinski definition) is 2. The van der Waals surface area contributed by atoms with Gasteiger partial charge < -0.3 is 24.5 Å². The predicted octanol–water partition coefficient (Wildman–Crippen LogP) is 3.67. The summed E-state index contributed by atoms with van der Waals surface area (Å²) in [5, 5.41) is 21.5. The Morgan fingerprint density at radius 3 is 2.47 bits per heavy atom. The first kappa shape index (κ1) is 35.7. The number of aromatic nitrogens is 1. The standard InChI is InChI=1S/C34H41N5O9S/c1-33(2)24-18-22(40)20-37(15-7-5-6-12-30(44)48-39-28(42)13-14-29(39)43)31(24)35-26(33)10-8-11-27-34(3,4)25-19-23(41)21-38(32(25)36-27)16-9-17-49(45,46)47/h8,10-11,18-21H,5-7,9,12-17H2,1-4H3,(H2-,40,41,45,46,47). The number of hydrogen-bond acceptors (Lipinski definition) is 12. The molecule has 15 heteroatoms. The van der Waals surface area contributed by atoms with Crippen LogP contribution in [-0.2, 0) is 41.3 Å². The number of aliphatic imine (C=N–C) groups is 2. The van der Waals surface area contributed by atoms with Crippen LogP contribution in [0.15, 0.2) is 69.8 Å². The first-order chi connectivity index (χ1) is 23.0. The van der Waals surface area contributed by atoms with Gasteiger partial charge in [-0.15, -0.1) is 5.06 Å². The van der Waals surface area contributed by atoms with E-state index in [4.69, 9.17) is 14.8 Å². The monoisotopic (exact) mass is 695 g/mol. The Balaban J connectivity index is 1.24. The topological polar surface area (TPSA) is 193 Å². The van der Waals surface area contributed by atoms with Crippen LogP contribution in [0, 0.1) is 5.41 Å². The van der Waals surface area contributed by atoms with Gasteiger partial charge in [-0.1, -0.05) is 26.3 Å². The number of aromatic hydroxyl groups is 1. The number of amidine groups is 1. The van der Waals surface area contributed by atoms with E-state index in [1.807, 2.05) is 50.8 Å². The van der Waals surface area contributed by atoms with Crippen molar-refractivity contribution in [3.05, 3.63) is 65.4 Å². The number of imide groups is 1. The van der Waals surface area contributed by atoms with Gasteiger partial charge in [0, 0.05) is 48.7 Å². The van der Waals surface area contributed by atoms with Crippen LogP contribution >= 0.6 is 0 Å². The fourth-order valence-corrected chi connectivity index (χ4v) is 6.69. The van der Waals surface area contributed by atoms with E-state index in [2.05, 4.69) is 0 Å². The van der Waals surface area contributed by atoms with Crippen LogP contribution in [0.4, 0.5) is 5.82 Å². The number of carbonyl (C=O) groups excluding carboxylic acids is 3. The van der Waals surface area contributed by atoms with E-state index < -0.39 is 44.5 Å². The molecule has 0 radical (unpaired) electrons. The van der Waals surface area contributed by atoms with E-state index in [0.717, 1.165) is 28.4 Å². The second kappa shape index (κ2) is 13.7. The van der Waals surface area contributed by atoms with Crippen LogP contribution in [0.2, 0.25) is 0 Å². The number of fused-ring (bicyclic) bond motifs is 2. The van der Waals surface area contributed by atoms with Crippen LogP contribution in [0.1, 0.15) is 78.2 Å². The van der Waals surface area contributed by atoms with Crippen LogP contribution < -0.4 is 4.57 Å². The quantitative estimate of drug-likeness (QED) is 0.133. The number of carbonyl (C=O) groups is 3. The Hall–Kier alpha value is -4.63. The maximum Gasteiger partial charge on any atom is 0.333 e. The minimum atomic E-state index is -4.36. The van der Waals surface area contributed by atoms with Gasteiger partial charge in [-0.25, -0.2) is 22.8 Å². The van der Waals surface area contributed by atoms with Crippen LogP contribution in [0.5, 0.6) is 5.75 Å². The average molecular weight is 696 g/mol. The average Bonchev–Trinajstić information content (AvgIpc) is 3.55. The Morgan fingerprint density at radius 1 is 1.06 bits per heavy atom. The highest BCUT2D eigenvalue weighted by Crippen LogP contribution is 2.45. The lowest BCUT2D eigenvalue weighted by molar-refractivity contribution is -0.684. The molecule has 0 saturated carbocycles. The normalized spacial score (nSPS) is 20.4. The summed E-state index contributed by atoms with van der Waals surface area (Å²) in [6.07, 6.45) is 12.5. The van der Waals surface area contributed by atoms with Gasteiger partial charge in [-0.2, -0.15) is 0 Å². The summed E-state index contributed by atoms with van der Waals surface area (Å²) < 4.78 is 35.0. The number of hydroxylamine groups is 2. The molecule has 4 aliphatic heterocycles. The van der Waals surface area contributed by atoms with E-state index in [-0.39, 0.29) is 43.7 Å². The van der Waals surface area contributed by atoms with Crippen molar-refractivity contribution in [2.45, 2.75) is 84.6 Å². The van der Waals surface area contributed by atoms with Gasteiger partial charge >= 0.3 is 11.8 Å². The molecule has 5 heterocycles. The number of amides is 2. The molecule has 14 nitrogen and oxygen atoms in total. The van der Waals surface area contributed by atoms with E-state index in [1.165, 1.54) is 6.20 Å². The fourth-order valence-electron chi connectivity index (χ4n) is 6.21. The van der Waals surface area contributed by atoms with Gasteiger partial charge in [0.25, 0.3) is 11.8 Å². The molecule has 262 valence electrons. The molecule has 1 fully saturated rings. The maximum absolute atomic E-state index is 12.1. The molecule has 0 aromatic carbocycles. The largest absolute Gasteiger partial charge is 0.748 e. The molecular formula is C34H41N5O9S. The van der Waals surface area contributed by atoms with E-state index in [0.29, 0.717) is 36.7 Å². The van der Waals surface area contributed by atoms with E-state index in [9.17, 15) is 37.6 Å². The zero-order valence-electron chi connectivity index (χ0n) is 28.0. The van der Waals surface area contributed by atoms with Crippen molar-refractivity contribution in [1.29, 1.82) is 0 Å². The first-order valence-electron chi connectivity index (χ1n) is 16.2. The number of unbranched alkanes of at least 4 members (excludes halogenated alkanes) is 2. The zero-order valence-corrected chi connectivity index (χ0v) is 28.8. The summed E-state index contributed by atoms with van der Waals surface area (Å²) in [5.74, 6) is -0.743. The highest BCUT2D eigenvalue weighted by molar-refractivity contribution is 7.85. The number of aliphatic hydroxyl groups is 1. The molecule has 0 aliphatic carbocycles. The van der Waals surface area contributed by atoms with E-state index >= 15 is 0 Å². The number of nitrogens with zero attached hydrogens (tertiary/aromatic N) is 5. The summed E-state index contributed by atoms with van der Waals surface area (Å²) in [7, 11) is -4.36. The molecule has 1 saturated heterocycles. The van der Waals surface area contributed by atoms with Crippen molar-refractivity contribution in [2.75, 3.05) is 12.3 Å². The fraction of sp³-hybridized carbons (Fsp3) is 0.471. The van der Waals surface area contributed by atoms with Crippen molar-refractivity contribution in [3.63, 3.8) is 0 Å². The number of aryl methyl sites for hydroxylation is 1. The molecule has 5 rings (SSSR count). The Bertz CT molecular complexity index is 1850. The van der Waals surface area contributed by atoms with Crippen molar-refractivity contribution >= 4 is 45.3 Å². The smallest absolute Gasteiger partial charge is 0.333 e. The maximum atomic E-state index is 12.1. The molecule has 0 unspecified atom stereocenters. The molecular weight excluding hydrogens is 654 g/mol. The van der Waals surface area contributed by atoms with Crippen LogP contribution in [-0.4, -0.2) is 74.8 Å². The molecule has 1 aromatic rings. The molecule has 2 N–H and O–H groups in total. The summed E-state index contributed by atoms with van der Waals surface area (Å²) in [5.41, 5.74) is 2.02. The molecule has 0 bridgehead atoms. The van der Waals surface area contributed by atoms with Gasteiger partial charge in [0.05, 0.1) is 33.3 Å². The third-order valence-corrected chi connectivity index (χ3v) is 9.84. The summed E-state index contributed by atoms with van der Waals surface area (Å²) in [6, 6.07) is 1.64. The molecule has 4 aliphatic rings. The van der Waals surface area contributed by atoms with Gasteiger partial charge in [-0.3, -0.25) is 9.59 Å². The second-order valence-corrected chi connectivity index (χ2v) is 15.0. The van der Waals surface area contributed by atoms with Crippen molar-refractivity contribution in [3.8, 4) is 5.75 Å². The lowest BCUT2D eigenvalue weighted by Gasteiger charge is -2.29. The number of rotatable bonds is 13. The highest BCUT2D eigenvalue weighted by Gasteiger charge is 2.43. The molecule has 0 atom stereocenters. The van der Waals surface area contributed by atoms with Gasteiger partial charge in [0.1, 0.15) is 17.8 Å². The highest BCUT2D eigenvalue weighted by atomic mass is 32.2. The second-order valence-electron chi connectivity index (χ2n) is 13.5. The van der Waals surface area contributed by atoms with Crippen LogP contribution in [0.3, 0.4) is 0 Å². The number of aliphatic hydroxyl groups excluding tert-OH is 1. The Labute approximate surface area is 285 Å². The van der Waals surface area contributed by atoms with Crippen molar-refractivity contribution in [1.82, 2.24) is 9.96 Å². The van der Waals surface area contributed by atoms with Gasteiger partial charge in [0.15, 0.2) is 11.5 Å². The van der Waals surface area contributed by atoms with Crippen LogP contribution in [0.25, 0.3) is 0 Å². The first-order valence-corrected chi connectivity index (χ1v) is 17.8. The van der Waals surface area contributed by atoms with Gasteiger partial charge in [-0.05, 0) is 62.4 Å². The Kier molecular flexibility index (Phi) is 9.98. The number of pyridine rings is 1. The third-order valence-electron chi connectivity index (χ3n) is 9.05. The summed E-state index contributed by atoms with van der Waals surface area (Å²) in [4.78, 5) is 52.0. The third kappa shape index (κ3) is 7.83. The van der Waals surface area contributed by atoms with Crippen molar-refractivity contribution in [2.24, 2.45) is 15.4 Å². The Morgan fingerprint density at radius 2 is 1.78 bits per heavy atom. The minimum Gasteiger partial charge on any atom is -0.748 e. The summed E-state index contributed by atoms with van der Waals surface area (Å²) >= 11 is 0. The lowest BCUT2D eigenvalue weighted by Crippen LogP contribution is -2.35. The molecule has 2 amide bonds. The SMILES string of the molecule is CC1(C)C2=CC(O)=CN(CCCCCC(=O)ON3C(=O)CCC3=O)C2=N/C1=C\C=C\C1=Nc2c(cc(O)c[n+]2CCCS(=O)(=O)[O-])C1(C)C. The minimum absolute atomic E-state index is 0.00980. The molecule has 1 aromatic heterocycles. The molecule has 49 heavy (non-hydrogen) atoms. The lowest BCUT2D eigenvalue weighted by atomic mass is 9.81. The van der Waals surface area contributed by atoms with Crippen molar-refractivity contribution < 1.29 is 47.0 Å². The number of allylic oxidation sites excluding steroid dienone is 5. The summed E-state index contributed by atoms with van der Waals surface area (Å²) in [6.45, 7) is 8.73. The van der Waals surface area contributed by atoms with E-state index in [1.54, 1.807) is 22.9 Å². The van der Waals surface area contributed by atoms with Gasteiger partial charge in [0.2, 0.25) is 0 Å². The molecule has 0 spiro atoms. The zero-order chi connectivity index (χ0) is 35.7.